The molecule has 0 saturated carbocycles. The number of benzene rings is 1. The van der Waals surface area contributed by atoms with Crippen LogP contribution in [0.15, 0.2) is 22.6 Å². The summed E-state index contributed by atoms with van der Waals surface area (Å²) in [6.07, 6.45) is 0. The molecule has 18 heavy (non-hydrogen) atoms. The number of methoxy groups -OCH3 is 1. The molecule has 0 aliphatic rings. The van der Waals surface area contributed by atoms with E-state index in [1.54, 1.807) is 19.1 Å². The zero-order valence-electron chi connectivity index (χ0n) is 11.4. The lowest BCUT2D eigenvalue weighted by Gasteiger charge is -2.14. The normalized spacial score (nSPS) is 14.4. The summed E-state index contributed by atoms with van der Waals surface area (Å²) in [5, 5.41) is 9.85. The van der Waals surface area contributed by atoms with Crippen LogP contribution in [0, 0.1) is 0 Å². The van der Waals surface area contributed by atoms with Gasteiger partial charge in [-0.15, -0.1) is 0 Å². The summed E-state index contributed by atoms with van der Waals surface area (Å²) in [6.45, 7) is 7.29. The van der Waals surface area contributed by atoms with E-state index in [4.69, 9.17) is 4.74 Å². The summed E-state index contributed by atoms with van der Waals surface area (Å²) in [5.74, 6) is 0.641. The highest BCUT2D eigenvalue weighted by Gasteiger charge is 2.19. The monoisotopic (exact) mass is 269 g/mol. The number of aromatic hydroxyl groups is 1. The number of phenols is 1. The third-order valence-corrected chi connectivity index (χ3v) is 3.83. The quantitative estimate of drug-likeness (QED) is 0.858. The molecule has 100 valence electrons. The van der Waals surface area contributed by atoms with Crippen molar-refractivity contribution in [2.75, 3.05) is 7.11 Å². The Bertz CT molecular complexity index is 489. The molecule has 0 heterocycles. The minimum atomic E-state index is -1.34. The average molecular weight is 269 g/mol. The zero-order chi connectivity index (χ0) is 13.9. The smallest absolute Gasteiger partial charge is 0.145 e. The predicted octanol–water partition coefficient (Wildman–Crippen LogP) is 2.67. The van der Waals surface area contributed by atoms with Crippen LogP contribution in [0.5, 0.6) is 11.5 Å². The Labute approximate surface area is 110 Å². The molecule has 0 radical (unpaired) electrons. The summed E-state index contributed by atoms with van der Waals surface area (Å²) in [4.78, 5) is 0. The van der Waals surface area contributed by atoms with E-state index in [9.17, 15) is 9.32 Å². The largest absolute Gasteiger partial charge is 0.507 e. The maximum Gasteiger partial charge on any atom is 0.145 e. The Kier molecular flexibility index (Phi) is 4.51. The minimum Gasteiger partial charge on any atom is -0.507 e. The van der Waals surface area contributed by atoms with Crippen LogP contribution in [0.2, 0.25) is 0 Å². The van der Waals surface area contributed by atoms with E-state index in [1.807, 2.05) is 20.8 Å². The molecular weight excluding hydrogens is 250 g/mol. The molecule has 1 rings (SSSR count). The molecule has 0 aliphatic carbocycles. The number of ether oxygens (including phenoxy) is 1. The van der Waals surface area contributed by atoms with Crippen molar-refractivity contribution in [2.24, 2.45) is 4.40 Å². The summed E-state index contributed by atoms with van der Waals surface area (Å²) in [6, 6.07) is 4.94. The first-order valence-electron chi connectivity index (χ1n) is 5.60. The molecule has 0 aromatic heterocycles. The van der Waals surface area contributed by atoms with Gasteiger partial charge in [0.25, 0.3) is 0 Å². The lowest BCUT2D eigenvalue weighted by Crippen LogP contribution is -2.20. The van der Waals surface area contributed by atoms with E-state index in [1.165, 1.54) is 13.2 Å². The standard InChI is InChI=1S/C13H19NO3S/c1-9(14-18(16)13(2,3)4)11-7-6-10(17-5)8-12(11)15/h6-8,15H,1-5H3. The van der Waals surface area contributed by atoms with Crippen molar-refractivity contribution in [1.29, 1.82) is 0 Å². The van der Waals surface area contributed by atoms with Gasteiger partial charge in [0.15, 0.2) is 0 Å². The highest BCUT2D eigenvalue weighted by Crippen LogP contribution is 2.24. The van der Waals surface area contributed by atoms with Gasteiger partial charge in [0.05, 0.1) is 17.6 Å². The van der Waals surface area contributed by atoms with Gasteiger partial charge in [0.2, 0.25) is 0 Å². The van der Waals surface area contributed by atoms with E-state index >= 15 is 0 Å². The highest BCUT2D eigenvalue weighted by molar-refractivity contribution is 7.85. The SMILES string of the molecule is COc1ccc(C(C)=NS(=O)C(C)(C)C)c(O)c1. The molecule has 4 nitrogen and oxygen atoms in total. The van der Waals surface area contributed by atoms with Crippen LogP contribution in [-0.4, -0.2) is 26.9 Å². The summed E-state index contributed by atoms with van der Waals surface area (Å²) >= 11 is 0. The lowest BCUT2D eigenvalue weighted by molar-refractivity contribution is 0.407. The molecule has 1 atom stereocenters. The van der Waals surface area contributed by atoms with Gasteiger partial charge in [0.1, 0.15) is 22.5 Å². The number of hydrogen-bond donors (Lipinski definition) is 1. The van der Waals surface area contributed by atoms with Crippen molar-refractivity contribution in [2.45, 2.75) is 32.4 Å². The second-order valence-corrected chi connectivity index (χ2v) is 6.83. The molecule has 5 heteroatoms. The van der Waals surface area contributed by atoms with Crippen molar-refractivity contribution >= 4 is 16.7 Å². The predicted molar refractivity (Wildman–Crippen MR) is 74.8 cm³/mol. The van der Waals surface area contributed by atoms with Gasteiger partial charge in [-0.25, -0.2) is 4.21 Å². The van der Waals surface area contributed by atoms with Crippen molar-refractivity contribution in [3.05, 3.63) is 23.8 Å². The molecule has 0 fully saturated rings. The van der Waals surface area contributed by atoms with Crippen molar-refractivity contribution < 1.29 is 14.1 Å². The maximum atomic E-state index is 11.9. The number of nitrogens with zero attached hydrogens (tertiary/aromatic N) is 1. The Morgan fingerprint density at radius 3 is 2.44 bits per heavy atom. The Balaban J connectivity index is 3.08. The van der Waals surface area contributed by atoms with Gasteiger partial charge in [-0.05, 0) is 39.8 Å². The lowest BCUT2D eigenvalue weighted by atomic mass is 10.1. The van der Waals surface area contributed by atoms with E-state index in [-0.39, 0.29) is 5.75 Å². The fourth-order valence-corrected chi connectivity index (χ4v) is 1.88. The summed E-state index contributed by atoms with van der Waals surface area (Å²) < 4.78 is 20.6. The molecule has 0 bridgehead atoms. The second-order valence-electron chi connectivity index (χ2n) is 4.92. The Hall–Kier alpha value is -1.36. The van der Waals surface area contributed by atoms with Gasteiger partial charge in [0, 0.05) is 11.6 Å². The average Bonchev–Trinajstić information content (AvgIpc) is 2.27. The van der Waals surface area contributed by atoms with Gasteiger partial charge in [-0.2, -0.15) is 4.40 Å². The first-order valence-corrected chi connectivity index (χ1v) is 6.71. The first-order chi connectivity index (χ1) is 8.25. The van der Waals surface area contributed by atoms with Crippen LogP contribution in [0.25, 0.3) is 0 Å². The van der Waals surface area contributed by atoms with Crippen LogP contribution >= 0.6 is 0 Å². The summed E-state index contributed by atoms with van der Waals surface area (Å²) in [7, 11) is 0.194. The fourth-order valence-electron chi connectivity index (χ4n) is 1.25. The van der Waals surface area contributed by atoms with Crippen molar-refractivity contribution in [3.63, 3.8) is 0 Å². The molecule has 1 aromatic carbocycles. The fraction of sp³-hybridized carbons (Fsp3) is 0.462. The summed E-state index contributed by atoms with van der Waals surface area (Å²) in [5.41, 5.74) is 1.11. The minimum absolute atomic E-state index is 0.0708. The molecule has 1 unspecified atom stereocenters. The molecule has 1 N–H and O–H groups in total. The number of hydrogen-bond acceptors (Lipinski definition) is 3. The third kappa shape index (κ3) is 3.57. The van der Waals surface area contributed by atoms with Crippen LogP contribution in [0.3, 0.4) is 0 Å². The first kappa shape index (κ1) is 14.7. The van der Waals surface area contributed by atoms with Crippen LogP contribution in [-0.2, 0) is 11.0 Å². The van der Waals surface area contributed by atoms with Crippen molar-refractivity contribution in [3.8, 4) is 11.5 Å². The van der Waals surface area contributed by atoms with Crippen LogP contribution < -0.4 is 4.74 Å². The van der Waals surface area contributed by atoms with Gasteiger partial charge < -0.3 is 9.84 Å². The molecule has 0 saturated heterocycles. The molecule has 0 aliphatic heterocycles. The van der Waals surface area contributed by atoms with E-state index in [0.717, 1.165) is 0 Å². The highest BCUT2D eigenvalue weighted by atomic mass is 32.2. The molecule has 0 spiro atoms. The van der Waals surface area contributed by atoms with Gasteiger partial charge in [-0.1, -0.05) is 0 Å². The van der Waals surface area contributed by atoms with Gasteiger partial charge in [-0.3, -0.25) is 0 Å². The Morgan fingerprint density at radius 2 is 2.00 bits per heavy atom. The van der Waals surface area contributed by atoms with E-state index in [2.05, 4.69) is 4.40 Å². The molecule has 1 aromatic rings. The van der Waals surface area contributed by atoms with Crippen molar-refractivity contribution in [1.82, 2.24) is 0 Å². The van der Waals surface area contributed by atoms with Crippen LogP contribution in [0.4, 0.5) is 0 Å². The maximum absolute atomic E-state index is 11.9. The second kappa shape index (κ2) is 5.52. The third-order valence-electron chi connectivity index (χ3n) is 2.34. The zero-order valence-corrected chi connectivity index (χ0v) is 12.2. The topological polar surface area (TPSA) is 58.9 Å². The van der Waals surface area contributed by atoms with E-state index < -0.39 is 15.7 Å². The molecule has 0 amide bonds. The van der Waals surface area contributed by atoms with Gasteiger partial charge >= 0.3 is 0 Å². The number of rotatable bonds is 3. The van der Waals surface area contributed by atoms with Crippen LogP contribution in [0.1, 0.15) is 33.3 Å². The Morgan fingerprint density at radius 1 is 1.39 bits per heavy atom. The number of phenolic OH excluding ortho intramolecular Hbond substituents is 1. The molecular formula is C13H19NO3S. The van der Waals surface area contributed by atoms with E-state index in [0.29, 0.717) is 17.0 Å².